The minimum Gasteiger partial charge on any atom is -0.166 e. The molecule has 0 atom stereocenters. The molecule has 21 heavy (non-hydrogen) atoms. The van der Waals surface area contributed by atoms with Crippen molar-refractivity contribution in [2.45, 2.75) is 12.4 Å². The highest BCUT2D eigenvalue weighted by atomic mass is 35.5. The number of rotatable bonds is 1. The van der Waals surface area contributed by atoms with Crippen LogP contribution in [0, 0.1) is 6.07 Å². The number of halogens is 7. The van der Waals surface area contributed by atoms with Crippen molar-refractivity contribution >= 4 is 11.6 Å². The van der Waals surface area contributed by atoms with E-state index < -0.39 is 29.0 Å². The number of benzene rings is 2. The molecule has 111 valence electrons. The van der Waals surface area contributed by atoms with Crippen LogP contribution in [-0.2, 0) is 12.4 Å². The molecule has 0 aromatic heterocycles. The van der Waals surface area contributed by atoms with Gasteiger partial charge in [-0.3, -0.25) is 0 Å². The van der Waals surface area contributed by atoms with Crippen LogP contribution in [0.25, 0.3) is 11.1 Å². The zero-order valence-electron chi connectivity index (χ0n) is 10.1. The lowest BCUT2D eigenvalue weighted by molar-refractivity contribution is -0.142. The Morgan fingerprint density at radius 2 is 1.57 bits per heavy atom. The van der Waals surface area contributed by atoms with E-state index in [9.17, 15) is 26.3 Å². The van der Waals surface area contributed by atoms with Crippen molar-refractivity contribution in [3.8, 4) is 11.1 Å². The lowest BCUT2D eigenvalue weighted by atomic mass is 9.97. The van der Waals surface area contributed by atoms with Crippen LogP contribution in [0.1, 0.15) is 11.1 Å². The molecule has 0 saturated carbocycles. The van der Waals surface area contributed by atoms with Gasteiger partial charge in [0, 0.05) is 10.6 Å². The van der Waals surface area contributed by atoms with Crippen LogP contribution in [0.2, 0.25) is 5.02 Å². The van der Waals surface area contributed by atoms with Gasteiger partial charge in [0.15, 0.2) is 0 Å². The van der Waals surface area contributed by atoms with Crippen LogP contribution in [0.3, 0.4) is 0 Å². The summed E-state index contributed by atoms with van der Waals surface area (Å²) < 4.78 is 76.6. The molecule has 2 rings (SSSR count). The first kappa shape index (κ1) is 15.7. The predicted octanol–water partition coefficient (Wildman–Crippen LogP) is 5.84. The molecule has 0 amide bonds. The summed E-state index contributed by atoms with van der Waals surface area (Å²) in [6.07, 6.45) is -9.81. The molecule has 0 spiro atoms. The predicted molar refractivity (Wildman–Crippen MR) is 65.7 cm³/mol. The summed E-state index contributed by atoms with van der Waals surface area (Å²) in [5, 5.41) is 0.175. The van der Waals surface area contributed by atoms with E-state index in [1.165, 1.54) is 24.3 Å². The Balaban J connectivity index is 2.67. The second-order valence-electron chi connectivity index (χ2n) is 4.18. The molecule has 7 heteroatoms. The summed E-state index contributed by atoms with van der Waals surface area (Å²) >= 11 is 5.69. The van der Waals surface area contributed by atoms with Crippen molar-refractivity contribution in [2.24, 2.45) is 0 Å². The molecule has 2 aromatic rings. The van der Waals surface area contributed by atoms with Gasteiger partial charge in [0.1, 0.15) is 0 Å². The van der Waals surface area contributed by atoms with E-state index in [2.05, 4.69) is 6.07 Å². The van der Waals surface area contributed by atoms with Crippen LogP contribution in [0.4, 0.5) is 26.3 Å². The van der Waals surface area contributed by atoms with Crippen molar-refractivity contribution in [3.63, 3.8) is 0 Å². The van der Waals surface area contributed by atoms with Crippen molar-refractivity contribution in [1.29, 1.82) is 0 Å². The monoisotopic (exact) mass is 323 g/mol. The quantitative estimate of drug-likeness (QED) is 0.578. The van der Waals surface area contributed by atoms with Gasteiger partial charge in [-0.25, -0.2) is 0 Å². The molecule has 0 heterocycles. The van der Waals surface area contributed by atoms with E-state index in [1.807, 2.05) is 0 Å². The highest BCUT2D eigenvalue weighted by molar-refractivity contribution is 6.30. The third-order valence-corrected chi connectivity index (χ3v) is 2.92. The van der Waals surface area contributed by atoms with Gasteiger partial charge in [0.05, 0.1) is 11.1 Å². The largest absolute Gasteiger partial charge is 0.417 e. The fourth-order valence-corrected chi connectivity index (χ4v) is 1.96. The maximum atomic E-state index is 13.0. The van der Waals surface area contributed by atoms with E-state index in [0.29, 0.717) is 6.07 Å². The van der Waals surface area contributed by atoms with Crippen molar-refractivity contribution in [1.82, 2.24) is 0 Å². The summed E-state index contributed by atoms with van der Waals surface area (Å²) in [4.78, 5) is 0. The Morgan fingerprint density at radius 3 is 2.10 bits per heavy atom. The minimum absolute atomic E-state index is 0.0450. The highest BCUT2D eigenvalue weighted by Gasteiger charge is 2.38. The van der Waals surface area contributed by atoms with Gasteiger partial charge < -0.3 is 0 Å². The first-order valence-electron chi connectivity index (χ1n) is 5.55. The van der Waals surface area contributed by atoms with Gasteiger partial charge in [-0.05, 0) is 35.9 Å². The minimum atomic E-state index is -4.94. The average molecular weight is 324 g/mol. The Labute approximate surface area is 121 Å². The normalized spacial score (nSPS) is 12.5. The number of hydrogen-bond donors (Lipinski definition) is 0. The first-order valence-corrected chi connectivity index (χ1v) is 5.93. The van der Waals surface area contributed by atoms with E-state index in [1.54, 1.807) is 0 Å². The molecule has 0 saturated heterocycles. The van der Waals surface area contributed by atoms with E-state index in [4.69, 9.17) is 11.6 Å². The van der Waals surface area contributed by atoms with Crippen LogP contribution >= 0.6 is 11.6 Å². The van der Waals surface area contributed by atoms with Crippen molar-refractivity contribution < 1.29 is 26.3 Å². The van der Waals surface area contributed by atoms with E-state index in [-0.39, 0.29) is 16.7 Å². The smallest absolute Gasteiger partial charge is 0.166 e. The molecule has 0 nitrogen and oxygen atoms in total. The Kier molecular flexibility index (Phi) is 3.93. The Hall–Kier alpha value is -1.69. The van der Waals surface area contributed by atoms with Gasteiger partial charge in [0.25, 0.3) is 0 Å². The molecule has 0 N–H and O–H groups in total. The van der Waals surface area contributed by atoms with Crippen LogP contribution < -0.4 is 0 Å². The van der Waals surface area contributed by atoms with Gasteiger partial charge in [-0.15, -0.1) is 0 Å². The van der Waals surface area contributed by atoms with Gasteiger partial charge in [-0.1, -0.05) is 23.7 Å². The molecule has 0 fully saturated rings. The molecule has 0 bridgehead atoms. The lowest BCUT2D eigenvalue weighted by Gasteiger charge is -2.16. The summed E-state index contributed by atoms with van der Waals surface area (Å²) in [5.41, 5.74) is -3.23. The van der Waals surface area contributed by atoms with E-state index in [0.717, 1.165) is 0 Å². The fourth-order valence-electron chi connectivity index (χ4n) is 1.77. The molecule has 0 aliphatic rings. The number of hydrogen-bond acceptors (Lipinski definition) is 0. The van der Waals surface area contributed by atoms with E-state index >= 15 is 0 Å². The summed E-state index contributed by atoms with van der Waals surface area (Å²) in [6, 6.07) is 8.04. The van der Waals surface area contributed by atoms with Gasteiger partial charge >= 0.3 is 12.4 Å². The topological polar surface area (TPSA) is 0 Å². The second-order valence-corrected chi connectivity index (χ2v) is 4.62. The molecule has 0 aliphatic heterocycles. The molecule has 0 aliphatic carbocycles. The lowest BCUT2D eigenvalue weighted by Crippen LogP contribution is -2.12. The summed E-state index contributed by atoms with van der Waals surface area (Å²) in [7, 11) is 0. The molecule has 2 aromatic carbocycles. The van der Waals surface area contributed by atoms with Gasteiger partial charge in [-0.2, -0.15) is 26.3 Å². The van der Waals surface area contributed by atoms with Crippen LogP contribution in [-0.4, -0.2) is 0 Å². The third kappa shape index (κ3) is 3.50. The molecular weight excluding hydrogens is 318 g/mol. The highest BCUT2D eigenvalue weighted by Crippen LogP contribution is 2.40. The first-order chi connectivity index (χ1) is 9.59. The molecule has 0 unspecified atom stereocenters. The third-order valence-electron chi connectivity index (χ3n) is 2.69. The average Bonchev–Trinajstić information content (AvgIpc) is 2.36. The maximum absolute atomic E-state index is 13.0. The standard InChI is InChI=1S/C14H6ClF6/c15-10-3-1-2-8(6-10)11-5-4-9(13(16,17)18)7-12(11)14(19,20)21/h1-4,6-7H. The van der Waals surface area contributed by atoms with Gasteiger partial charge in [0.2, 0.25) is 0 Å². The fraction of sp³-hybridized carbons (Fsp3) is 0.143. The summed E-state index contributed by atoms with van der Waals surface area (Å²) in [5.74, 6) is 0. The zero-order chi connectivity index (χ0) is 15.8. The Morgan fingerprint density at radius 1 is 0.905 bits per heavy atom. The summed E-state index contributed by atoms with van der Waals surface area (Å²) in [6.45, 7) is 0. The van der Waals surface area contributed by atoms with Crippen LogP contribution in [0.15, 0.2) is 36.4 Å². The van der Waals surface area contributed by atoms with Crippen molar-refractivity contribution in [3.05, 3.63) is 58.6 Å². The second kappa shape index (κ2) is 5.26. The number of alkyl halides is 6. The zero-order valence-corrected chi connectivity index (χ0v) is 10.9. The maximum Gasteiger partial charge on any atom is 0.417 e. The van der Waals surface area contributed by atoms with Crippen LogP contribution in [0.5, 0.6) is 0 Å². The molecule has 1 radical (unpaired) electrons. The SMILES string of the molecule is FC(F)(F)c1c[c]c(-c2cccc(Cl)c2)c(C(F)(F)F)c1. The molecular formula is C14H6ClF6. The Bertz CT molecular complexity index is 657. The van der Waals surface area contributed by atoms with Crippen molar-refractivity contribution in [2.75, 3.05) is 0 Å².